The second-order valence-electron chi connectivity index (χ2n) is 4.30. The Morgan fingerprint density at radius 2 is 1.71 bits per heavy atom. The maximum absolute atomic E-state index is 13.5. The van der Waals surface area contributed by atoms with Crippen LogP contribution in [0.5, 0.6) is 0 Å². The summed E-state index contributed by atoms with van der Waals surface area (Å²) in [6.07, 6.45) is 0. The summed E-state index contributed by atoms with van der Waals surface area (Å²) in [5.74, 6) is -2.07. The largest absolute Gasteiger partial charge is 0.320 e. The Hall–Kier alpha value is -1.59. The van der Waals surface area contributed by atoms with Crippen LogP contribution in [0.3, 0.4) is 0 Å². The molecule has 6 heteroatoms. The van der Waals surface area contributed by atoms with E-state index in [0.717, 1.165) is 17.0 Å². The molecule has 0 spiro atoms. The number of rotatable bonds is 4. The van der Waals surface area contributed by atoms with Gasteiger partial charge >= 0.3 is 0 Å². The van der Waals surface area contributed by atoms with E-state index >= 15 is 0 Å². The van der Waals surface area contributed by atoms with E-state index in [4.69, 9.17) is 11.6 Å². The van der Waals surface area contributed by atoms with Crippen LogP contribution < -0.4 is 5.32 Å². The van der Waals surface area contributed by atoms with E-state index in [1.807, 2.05) is 0 Å². The summed E-state index contributed by atoms with van der Waals surface area (Å²) < 4.78 is 26.9. The quantitative estimate of drug-likeness (QED) is 0.822. The summed E-state index contributed by atoms with van der Waals surface area (Å²) in [5.41, 5.74) is -0.425. The first-order valence-electron chi connectivity index (χ1n) is 6.14. The van der Waals surface area contributed by atoms with Gasteiger partial charge in [0.25, 0.3) is 0 Å². The van der Waals surface area contributed by atoms with Gasteiger partial charge < -0.3 is 5.32 Å². The molecule has 1 atom stereocenters. The highest BCUT2D eigenvalue weighted by molar-refractivity contribution is 8.00. The van der Waals surface area contributed by atoms with E-state index in [9.17, 15) is 13.6 Å². The van der Waals surface area contributed by atoms with Crippen LogP contribution in [0.25, 0.3) is 0 Å². The first kappa shape index (κ1) is 15.8. The molecule has 0 radical (unpaired) electrons. The van der Waals surface area contributed by atoms with Crippen LogP contribution in [0.1, 0.15) is 6.92 Å². The van der Waals surface area contributed by atoms with Crippen molar-refractivity contribution in [2.24, 2.45) is 0 Å². The van der Waals surface area contributed by atoms with Crippen LogP contribution >= 0.6 is 23.4 Å². The van der Waals surface area contributed by atoms with Crippen molar-refractivity contribution in [2.75, 3.05) is 5.32 Å². The highest BCUT2D eigenvalue weighted by atomic mass is 35.5. The van der Waals surface area contributed by atoms with Crippen molar-refractivity contribution < 1.29 is 13.6 Å². The van der Waals surface area contributed by atoms with Gasteiger partial charge in [0.1, 0.15) is 17.3 Å². The average molecular weight is 328 g/mol. The highest BCUT2D eigenvalue weighted by Crippen LogP contribution is 2.26. The Bertz CT molecular complexity index is 628. The molecule has 110 valence electrons. The van der Waals surface area contributed by atoms with Gasteiger partial charge in [-0.2, -0.15) is 0 Å². The summed E-state index contributed by atoms with van der Waals surface area (Å²) >= 11 is 7.06. The number of hydrogen-bond acceptors (Lipinski definition) is 2. The van der Waals surface area contributed by atoms with Crippen molar-refractivity contribution >= 4 is 35.0 Å². The van der Waals surface area contributed by atoms with Gasteiger partial charge in [-0.3, -0.25) is 4.79 Å². The van der Waals surface area contributed by atoms with Crippen molar-refractivity contribution in [1.29, 1.82) is 0 Å². The lowest BCUT2D eigenvalue weighted by atomic mass is 10.3. The Balaban J connectivity index is 2.04. The van der Waals surface area contributed by atoms with E-state index in [0.29, 0.717) is 5.02 Å². The molecule has 0 saturated carbocycles. The molecule has 0 aliphatic heterocycles. The molecule has 0 heterocycles. The van der Waals surface area contributed by atoms with Crippen LogP contribution in [0.15, 0.2) is 47.4 Å². The fraction of sp³-hybridized carbons (Fsp3) is 0.133. The number of anilines is 1. The molecule has 2 nitrogen and oxygen atoms in total. The van der Waals surface area contributed by atoms with E-state index in [2.05, 4.69) is 5.32 Å². The molecular weight excluding hydrogens is 316 g/mol. The van der Waals surface area contributed by atoms with Crippen molar-refractivity contribution in [1.82, 2.24) is 0 Å². The molecule has 0 aliphatic rings. The van der Waals surface area contributed by atoms with Crippen LogP contribution in [0.4, 0.5) is 14.5 Å². The summed E-state index contributed by atoms with van der Waals surface area (Å²) in [6, 6.07) is 10.4. The molecule has 0 fully saturated rings. The predicted octanol–water partition coefficient (Wildman–Crippen LogP) is 4.74. The van der Waals surface area contributed by atoms with Gasteiger partial charge in [-0.15, -0.1) is 11.8 Å². The smallest absolute Gasteiger partial charge is 0.237 e. The molecule has 2 rings (SSSR count). The lowest BCUT2D eigenvalue weighted by Gasteiger charge is -2.13. The first-order valence-corrected chi connectivity index (χ1v) is 7.40. The molecule has 21 heavy (non-hydrogen) atoms. The van der Waals surface area contributed by atoms with E-state index in [1.54, 1.807) is 31.2 Å². The standard InChI is InChI=1S/C15H12ClF2NOS/c1-9(21-11-7-5-10(16)6-8-11)15(20)19-14-12(17)3-2-4-13(14)18/h2-9H,1H3,(H,19,20)/t9-/m0/s1. The third kappa shape index (κ3) is 4.19. The Morgan fingerprint density at radius 3 is 2.29 bits per heavy atom. The lowest BCUT2D eigenvalue weighted by Crippen LogP contribution is -2.23. The maximum Gasteiger partial charge on any atom is 0.237 e. The first-order chi connectivity index (χ1) is 9.97. The summed E-state index contributed by atoms with van der Waals surface area (Å²) in [7, 11) is 0. The van der Waals surface area contributed by atoms with E-state index in [-0.39, 0.29) is 0 Å². The molecule has 2 aromatic carbocycles. The van der Waals surface area contributed by atoms with Gasteiger partial charge in [0.05, 0.1) is 5.25 Å². The number of benzene rings is 2. The fourth-order valence-corrected chi connectivity index (χ4v) is 2.61. The normalized spacial score (nSPS) is 12.0. The zero-order valence-electron chi connectivity index (χ0n) is 11.1. The monoisotopic (exact) mass is 327 g/mol. The molecular formula is C15H12ClF2NOS. The van der Waals surface area contributed by atoms with Gasteiger partial charge in [0.15, 0.2) is 0 Å². The molecule has 1 N–H and O–H groups in total. The van der Waals surface area contributed by atoms with Gasteiger partial charge in [-0.1, -0.05) is 17.7 Å². The number of amides is 1. The molecule has 0 bridgehead atoms. The molecule has 1 amide bonds. The number of nitrogens with one attached hydrogen (secondary N) is 1. The van der Waals surface area contributed by atoms with Gasteiger partial charge in [-0.25, -0.2) is 8.78 Å². The van der Waals surface area contributed by atoms with Crippen molar-refractivity contribution in [3.05, 3.63) is 59.1 Å². The minimum atomic E-state index is -0.799. The molecule has 0 aliphatic carbocycles. The van der Waals surface area contributed by atoms with Crippen molar-refractivity contribution in [3.8, 4) is 0 Å². The Kier molecular flexibility index (Phi) is 5.20. The lowest BCUT2D eigenvalue weighted by molar-refractivity contribution is -0.115. The second-order valence-corrected chi connectivity index (χ2v) is 6.15. The number of carbonyl (C=O) groups is 1. The summed E-state index contributed by atoms with van der Waals surface area (Å²) in [5, 5.41) is 2.37. The number of para-hydroxylation sites is 1. The van der Waals surface area contributed by atoms with Crippen LogP contribution in [0.2, 0.25) is 5.02 Å². The predicted molar refractivity (Wildman–Crippen MR) is 81.8 cm³/mol. The maximum atomic E-state index is 13.5. The van der Waals surface area contributed by atoms with Crippen LogP contribution in [-0.2, 0) is 4.79 Å². The number of thioether (sulfide) groups is 1. The fourth-order valence-electron chi connectivity index (χ4n) is 1.61. The minimum absolute atomic E-state index is 0.425. The highest BCUT2D eigenvalue weighted by Gasteiger charge is 2.18. The summed E-state index contributed by atoms with van der Waals surface area (Å²) in [6.45, 7) is 1.66. The number of halogens is 3. The van der Waals surface area contributed by atoms with E-state index in [1.165, 1.54) is 17.8 Å². The van der Waals surface area contributed by atoms with Crippen LogP contribution in [0, 0.1) is 11.6 Å². The molecule has 0 saturated heterocycles. The van der Waals surface area contributed by atoms with Gasteiger partial charge in [0.2, 0.25) is 5.91 Å². The Morgan fingerprint density at radius 1 is 1.14 bits per heavy atom. The molecule has 0 unspecified atom stereocenters. The Labute approximate surface area is 130 Å². The minimum Gasteiger partial charge on any atom is -0.320 e. The topological polar surface area (TPSA) is 29.1 Å². The third-order valence-corrected chi connectivity index (χ3v) is 4.07. The van der Waals surface area contributed by atoms with Gasteiger partial charge in [-0.05, 0) is 43.3 Å². The molecule has 2 aromatic rings. The van der Waals surface area contributed by atoms with Crippen molar-refractivity contribution in [3.63, 3.8) is 0 Å². The zero-order chi connectivity index (χ0) is 15.4. The third-order valence-electron chi connectivity index (χ3n) is 2.71. The second kappa shape index (κ2) is 6.91. The summed E-state index contributed by atoms with van der Waals surface area (Å²) in [4.78, 5) is 12.8. The average Bonchev–Trinajstić information content (AvgIpc) is 2.45. The molecule has 0 aromatic heterocycles. The zero-order valence-corrected chi connectivity index (χ0v) is 12.6. The SMILES string of the molecule is C[C@H](Sc1ccc(Cl)cc1)C(=O)Nc1c(F)cccc1F. The van der Waals surface area contributed by atoms with Crippen molar-refractivity contribution in [2.45, 2.75) is 17.1 Å². The van der Waals surface area contributed by atoms with Crippen LogP contribution in [-0.4, -0.2) is 11.2 Å². The number of hydrogen-bond donors (Lipinski definition) is 1. The van der Waals surface area contributed by atoms with E-state index < -0.39 is 28.5 Å². The van der Waals surface area contributed by atoms with Gasteiger partial charge in [0, 0.05) is 9.92 Å². The number of carbonyl (C=O) groups excluding carboxylic acids is 1.